The van der Waals surface area contributed by atoms with Crippen LogP contribution in [0, 0.1) is 0 Å². The summed E-state index contributed by atoms with van der Waals surface area (Å²) in [5.74, 6) is -0.861. The Morgan fingerprint density at radius 3 is 2.33 bits per heavy atom. The smallest absolute Gasteiger partial charge is 0.389 e. The quantitative estimate of drug-likeness (QED) is 0.576. The zero-order valence-electron chi connectivity index (χ0n) is 12.3. The fourth-order valence-electron chi connectivity index (χ4n) is 2.08. The molecule has 0 saturated heterocycles. The van der Waals surface area contributed by atoms with E-state index in [0.717, 1.165) is 12.8 Å². The molecule has 1 fully saturated rings. The van der Waals surface area contributed by atoms with E-state index in [0.29, 0.717) is 31.9 Å². The molecule has 0 aromatic carbocycles. The Bertz CT molecular complexity index is 332. The number of carboxylic acids is 1. The van der Waals surface area contributed by atoms with E-state index >= 15 is 0 Å². The monoisotopic (exact) mass is 311 g/mol. The van der Waals surface area contributed by atoms with Crippen molar-refractivity contribution in [1.29, 1.82) is 0 Å². The largest absolute Gasteiger partial charge is 0.480 e. The molecule has 21 heavy (non-hydrogen) atoms. The molecule has 1 aliphatic rings. The first-order chi connectivity index (χ1) is 9.73. The molecule has 0 aromatic heterocycles. The Labute approximate surface area is 123 Å². The van der Waals surface area contributed by atoms with Crippen LogP contribution >= 0.6 is 0 Å². The minimum atomic E-state index is -4.12. The normalized spacial score (nSPS) is 18.5. The van der Waals surface area contributed by atoms with E-state index in [1.807, 2.05) is 0 Å². The van der Waals surface area contributed by atoms with Crippen LogP contribution in [0.1, 0.15) is 51.9 Å². The fraction of sp³-hybridized carbons (Fsp3) is 0.929. The molecule has 0 aromatic rings. The predicted octanol–water partition coefficient (Wildman–Crippen LogP) is 3.11. The van der Waals surface area contributed by atoms with Gasteiger partial charge in [-0.2, -0.15) is 13.2 Å². The third-order valence-corrected chi connectivity index (χ3v) is 3.54. The van der Waals surface area contributed by atoms with Gasteiger partial charge in [-0.15, -0.1) is 0 Å². The summed E-state index contributed by atoms with van der Waals surface area (Å²) in [6, 6.07) is 0.310. The number of carboxylic acid groups (broad SMARTS) is 1. The molecule has 1 unspecified atom stereocenters. The minimum Gasteiger partial charge on any atom is -0.480 e. The molecule has 0 radical (unpaired) electrons. The van der Waals surface area contributed by atoms with Crippen LogP contribution < -0.4 is 5.32 Å². The Kier molecular flexibility index (Phi) is 6.93. The maximum absolute atomic E-state index is 11.9. The second-order valence-corrected chi connectivity index (χ2v) is 5.84. The first kappa shape index (κ1) is 18.2. The topological polar surface area (TPSA) is 58.6 Å². The SMILES string of the molecule is CC(CCCCOCCCC(F)(F)F)(NC1CC1)C(=O)O. The van der Waals surface area contributed by atoms with E-state index in [4.69, 9.17) is 4.74 Å². The number of unbranched alkanes of at least 4 members (excludes halogenated alkanes) is 1. The Balaban J connectivity index is 2.05. The average molecular weight is 311 g/mol. The molecule has 1 saturated carbocycles. The van der Waals surface area contributed by atoms with Crippen LogP contribution in [0.5, 0.6) is 0 Å². The van der Waals surface area contributed by atoms with E-state index in [-0.39, 0.29) is 13.0 Å². The fourth-order valence-corrected chi connectivity index (χ4v) is 2.08. The molecule has 0 heterocycles. The number of nitrogens with one attached hydrogen (secondary N) is 1. The number of ether oxygens (including phenoxy) is 1. The van der Waals surface area contributed by atoms with Crippen LogP contribution in [0.4, 0.5) is 13.2 Å². The molecule has 1 aliphatic carbocycles. The van der Waals surface area contributed by atoms with Gasteiger partial charge in [0, 0.05) is 25.7 Å². The first-order valence-electron chi connectivity index (χ1n) is 7.38. The molecule has 0 amide bonds. The third kappa shape index (κ3) is 8.26. The molecule has 1 atom stereocenters. The van der Waals surface area contributed by atoms with Gasteiger partial charge in [0.2, 0.25) is 0 Å². The summed E-state index contributed by atoms with van der Waals surface area (Å²) in [5, 5.41) is 12.4. The number of rotatable bonds is 11. The highest BCUT2D eigenvalue weighted by Crippen LogP contribution is 2.25. The van der Waals surface area contributed by atoms with Gasteiger partial charge in [0.15, 0.2) is 0 Å². The summed E-state index contributed by atoms with van der Waals surface area (Å²) in [7, 11) is 0. The number of carbonyl (C=O) groups is 1. The van der Waals surface area contributed by atoms with Crippen molar-refractivity contribution in [3.63, 3.8) is 0 Å². The number of alkyl halides is 3. The van der Waals surface area contributed by atoms with Crippen LogP contribution in [0.3, 0.4) is 0 Å². The molecule has 1 rings (SSSR count). The predicted molar refractivity (Wildman–Crippen MR) is 72.2 cm³/mol. The molecule has 0 spiro atoms. The lowest BCUT2D eigenvalue weighted by Gasteiger charge is -2.26. The van der Waals surface area contributed by atoms with Crippen molar-refractivity contribution in [2.75, 3.05) is 13.2 Å². The summed E-state index contributed by atoms with van der Waals surface area (Å²) < 4.78 is 40.8. The maximum atomic E-state index is 11.9. The van der Waals surface area contributed by atoms with Crippen molar-refractivity contribution in [2.24, 2.45) is 0 Å². The Morgan fingerprint density at radius 2 is 1.81 bits per heavy atom. The van der Waals surface area contributed by atoms with Gasteiger partial charge < -0.3 is 9.84 Å². The van der Waals surface area contributed by atoms with Crippen LogP contribution in [0.2, 0.25) is 0 Å². The van der Waals surface area contributed by atoms with Gasteiger partial charge in [0.25, 0.3) is 0 Å². The van der Waals surface area contributed by atoms with Crippen LogP contribution in [-0.2, 0) is 9.53 Å². The van der Waals surface area contributed by atoms with E-state index in [2.05, 4.69) is 5.32 Å². The summed E-state index contributed by atoms with van der Waals surface area (Å²) in [6.07, 6.45) is -1.12. The summed E-state index contributed by atoms with van der Waals surface area (Å²) >= 11 is 0. The standard InChI is InChI=1S/C14H24F3NO3/c1-13(12(19)20,18-11-5-6-11)7-2-3-9-21-10-4-8-14(15,16)17/h11,18H,2-10H2,1H3,(H,19,20). The van der Waals surface area contributed by atoms with Crippen molar-refractivity contribution < 1.29 is 27.8 Å². The molecule has 4 nitrogen and oxygen atoms in total. The van der Waals surface area contributed by atoms with Gasteiger partial charge >= 0.3 is 12.1 Å². The minimum absolute atomic E-state index is 0.0282. The molecule has 0 aliphatic heterocycles. The zero-order valence-corrected chi connectivity index (χ0v) is 12.3. The van der Waals surface area contributed by atoms with Gasteiger partial charge in [-0.25, -0.2) is 0 Å². The molecule has 124 valence electrons. The van der Waals surface area contributed by atoms with E-state index in [1.165, 1.54) is 0 Å². The van der Waals surface area contributed by atoms with E-state index < -0.39 is 24.1 Å². The average Bonchev–Trinajstić information content (AvgIpc) is 3.14. The maximum Gasteiger partial charge on any atom is 0.389 e. The van der Waals surface area contributed by atoms with Gasteiger partial charge in [0.05, 0.1) is 0 Å². The Hall–Kier alpha value is -0.820. The number of hydrogen-bond donors (Lipinski definition) is 2. The summed E-state index contributed by atoms with van der Waals surface area (Å²) in [5.41, 5.74) is -0.919. The van der Waals surface area contributed by atoms with Crippen molar-refractivity contribution in [3.8, 4) is 0 Å². The van der Waals surface area contributed by atoms with Gasteiger partial charge in [-0.3, -0.25) is 10.1 Å². The van der Waals surface area contributed by atoms with Crippen molar-refractivity contribution in [2.45, 2.75) is 69.6 Å². The highest BCUT2D eigenvalue weighted by molar-refractivity contribution is 5.78. The summed E-state index contributed by atoms with van der Waals surface area (Å²) in [6.45, 7) is 2.14. The number of aliphatic carboxylic acids is 1. The highest BCUT2D eigenvalue weighted by Gasteiger charge is 2.37. The Morgan fingerprint density at radius 1 is 1.19 bits per heavy atom. The second-order valence-electron chi connectivity index (χ2n) is 5.84. The number of hydrogen-bond acceptors (Lipinski definition) is 3. The molecular weight excluding hydrogens is 287 g/mol. The lowest BCUT2D eigenvalue weighted by atomic mass is 9.95. The molecule has 2 N–H and O–H groups in total. The summed E-state index contributed by atoms with van der Waals surface area (Å²) in [4.78, 5) is 11.3. The van der Waals surface area contributed by atoms with E-state index in [1.54, 1.807) is 6.92 Å². The van der Waals surface area contributed by atoms with Gasteiger partial charge in [0.1, 0.15) is 5.54 Å². The highest BCUT2D eigenvalue weighted by atomic mass is 19.4. The van der Waals surface area contributed by atoms with Gasteiger partial charge in [-0.05, 0) is 45.4 Å². The molecular formula is C14H24F3NO3. The second kappa shape index (κ2) is 7.98. The van der Waals surface area contributed by atoms with Crippen LogP contribution in [-0.4, -0.2) is 42.0 Å². The lowest BCUT2D eigenvalue weighted by Crippen LogP contribution is -2.50. The molecule has 7 heteroatoms. The van der Waals surface area contributed by atoms with Gasteiger partial charge in [-0.1, -0.05) is 0 Å². The van der Waals surface area contributed by atoms with Crippen LogP contribution in [0.15, 0.2) is 0 Å². The lowest BCUT2D eigenvalue weighted by molar-refractivity contribution is -0.144. The number of halogens is 3. The first-order valence-corrected chi connectivity index (χ1v) is 7.38. The van der Waals surface area contributed by atoms with E-state index in [9.17, 15) is 23.1 Å². The van der Waals surface area contributed by atoms with Crippen molar-refractivity contribution in [1.82, 2.24) is 5.32 Å². The van der Waals surface area contributed by atoms with Crippen molar-refractivity contribution >= 4 is 5.97 Å². The van der Waals surface area contributed by atoms with Crippen LogP contribution in [0.25, 0.3) is 0 Å². The molecule has 0 bridgehead atoms. The zero-order chi connectivity index (χ0) is 15.9. The third-order valence-electron chi connectivity index (χ3n) is 3.54. The van der Waals surface area contributed by atoms with Crippen molar-refractivity contribution in [3.05, 3.63) is 0 Å².